The molecule has 1 amide bonds. The Labute approximate surface area is 111 Å². The lowest BCUT2D eigenvalue weighted by Crippen LogP contribution is -2.41. The highest BCUT2D eigenvalue weighted by Crippen LogP contribution is 2.22. The fraction of sp³-hybridized carbons (Fsp3) is 0.286. The first-order valence-corrected chi connectivity index (χ1v) is 6.33. The van der Waals surface area contributed by atoms with Crippen molar-refractivity contribution in [2.24, 2.45) is 0 Å². The van der Waals surface area contributed by atoms with Crippen LogP contribution in [0.5, 0.6) is 0 Å². The summed E-state index contributed by atoms with van der Waals surface area (Å²) in [6.45, 7) is 1.20. The number of carbonyl (C=O) groups is 1. The summed E-state index contributed by atoms with van der Waals surface area (Å²) in [5.41, 5.74) is 3.02. The fourth-order valence-corrected chi connectivity index (χ4v) is 2.35. The normalized spacial score (nSPS) is 17.8. The standard InChI is InChI=1S/C14H15N3O2/c18-14(16-9-11-6-8-19-17-11)13-12-4-2-1-3-10(12)5-7-15-13/h1-4,6,8,13,15H,5,7,9H2,(H,16,18). The smallest absolute Gasteiger partial charge is 0.242 e. The van der Waals surface area contributed by atoms with E-state index < -0.39 is 0 Å². The van der Waals surface area contributed by atoms with Gasteiger partial charge in [0.05, 0.1) is 6.54 Å². The van der Waals surface area contributed by atoms with Gasteiger partial charge in [0, 0.05) is 12.6 Å². The Morgan fingerprint density at radius 3 is 3.16 bits per heavy atom. The number of nitrogens with zero attached hydrogens (tertiary/aromatic N) is 1. The first-order valence-electron chi connectivity index (χ1n) is 6.33. The minimum absolute atomic E-state index is 0.0323. The number of rotatable bonds is 3. The first-order chi connectivity index (χ1) is 9.34. The molecule has 2 heterocycles. The topological polar surface area (TPSA) is 67.2 Å². The van der Waals surface area contributed by atoms with Crippen LogP contribution in [-0.4, -0.2) is 17.6 Å². The molecule has 1 aromatic heterocycles. The average molecular weight is 257 g/mol. The van der Waals surface area contributed by atoms with E-state index in [9.17, 15) is 4.79 Å². The molecule has 1 unspecified atom stereocenters. The second kappa shape index (κ2) is 5.24. The van der Waals surface area contributed by atoms with E-state index in [-0.39, 0.29) is 11.9 Å². The van der Waals surface area contributed by atoms with Gasteiger partial charge in [0.1, 0.15) is 18.0 Å². The van der Waals surface area contributed by atoms with Crippen LogP contribution >= 0.6 is 0 Å². The van der Waals surface area contributed by atoms with Gasteiger partial charge in [-0.25, -0.2) is 0 Å². The van der Waals surface area contributed by atoms with Crippen LogP contribution in [0, 0.1) is 0 Å². The van der Waals surface area contributed by atoms with Gasteiger partial charge in [-0.2, -0.15) is 0 Å². The zero-order valence-corrected chi connectivity index (χ0v) is 10.4. The highest BCUT2D eigenvalue weighted by atomic mass is 16.5. The van der Waals surface area contributed by atoms with Crippen LogP contribution in [0.3, 0.4) is 0 Å². The van der Waals surface area contributed by atoms with Crippen molar-refractivity contribution in [3.63, 3.8) is 0 Å². The third kappa shape index (κ3) is 2.51. The van der Waals surface area contributed by atoms with Gasteiger partial charge >= 0.3 is 0 Å². The van der Waals surface area contributed by atoms with E-state index in [2.05, 4.69) is 21.9 Å². The summed E-state index contributed by atoms with van der Waals surface area (Å²) in [6.07, 6.45) is 2.46. The predicted octanol–water partition coefficient (Wildman–Crippen LogP) is 1.18. The highest BCUT2D eigenvalue weighted by Gasteiger charge is 2.25. The Morgan fingerprint density at radius 1 is 1.42 bits per heavy atom. The van der Waals surface area contributed by atoms with Crippen LogP contribution in [-0.2, 0) is 17.8 Å². The first kappa shape index (κ1) is 11.9. The number of hydrogen-bond donors (Lipinski definition) is 2. The Balaban J connectivity index is 1.71. The molecule has 0 saturated carbocycles. The molecule has 2 N–H and O–H groups in total. The summed E-state index contributed by atoms with van der Waals surface area (Å²) >= 11 is 0. The molecule has 1 aliphatic rings. The highest BCUT2D eigenvalue weighted by molar-refractivity contribution is 5.83. The second-order valence-electron chi connectivity index (χ2n) is 4.54. The van der Waals surface area contributed by atoms with Crippen molar-refractivity contribution in [1.29, 1.82) is 0 Å². The minimum atomic E-state index is -0.281. The van der Waals surface area contributed by atoms with Gasteiger partial charge in [0.2, 0.25) is 5.91 Å². The third-order valence-electron chi connectivity index (χ3n) is 3.31. The van der Waals surface area contributed by atoms with Gasteiger partial charge < -0.3 is 15.2 Å². The summed E-state index contributed by atoms with van der Waals surface area (Å²) < 4.78 is 4.73. The number of fused-ring (bicyclic) bond motifs is 1. The molecule has 1 atom stereocenters. The van der Waals surface area contributed by atoms with Crippen molar-refractivity contribution >= 4 is 5.91 Å². The predicted molar refractivity (Wildman–Crippen MR) is 69.2 cm³/mol. The van der Waals surface area contributed by atoms with Crippen LogP contribution in [0.15, 0.2) is 41.1 Å². The molecule has 0 fully saturated rings. The lowest BCUT2D eigenvalue weighted by Gasteiger charge is -2.25. The maximum absolute atomic E-state index is 12.2. The van der Waals surface area contributed by atoms with E-state index in [1.807, 2.05) is 18.2 Å². The van der Waals surface area contributed by atoms with Gasteiger partial charge in [-0.15, -0.1) is 0 Å². The van der Waals surface area contributed by atoms with Crippen molar-refractivity contribution in [3.8, 4) is 0 Å². The molecule has 19 heavy (non-hydrogen) atoms. The average Bonchev–Trinajstić information content (AvgIpc) is 2.97. The van der Waals surface area contributed by atoms with Crippen molar-refractivity contribution in [2.45, 2.75) is 19.0 Å². The largest absolute Gasteiger partial charge is 0.364 e. The van der Waals surface area contributed by atoms with E-state index >= 15 is 0 Å². The molecule has 1 aromatic carbocycles. The molecule has 98 valence electrons. The van der Waals surface area contributed by atoms with Crippen LogP contribution in [0.4, 0.5) is 0 Å². The summed E-state index contributed by atoms with van der Waals surface area (Å²) in [7, 11) is 0. The molecule has 5 heteroatoms. The summed E-state index contributed by atoms with van der Waals surface area (Å²) in [5.74, 6) is -0.0323. The number of hydrogen-bond acceptors (Lipinski definition) is 4. The third-order valence-corrected chi connectivity index (χ3v) is 3.31. The van der Waals surface area contributed by atoms with Crippen molar-refractivity contribution in [2.75, 3.05) is 6.54 Å². The van der Waals surface area contributed by atoms with E-state index in [1.165, 1.54) is 11.8 Å². The van der Waals surface area contributed by atoms with E-state index in [0.717, 1.165) is 24.2 Å². The van der Waals surface area contributed by atoms with Crippen LogP contribution in [0.25, 0.3) is 0 Å². The van der Waals surface area contributed by atoms with Gasteiger partial charge in [-0.05, 0) is 17.5 Å². The second-order valence-corrected chi connectivity index (χ2v) is 4.54. The van der Waals surface area contributed by atoms with Crippen molar-refractivity contribution in [3.05, 3.63) is 53.4 Å². The lowest BCUT2D eigenvalue weighted by molar-refractivity contribution is -0.123. The summed E-state index contributed by atoms with van der Waals surface area (Å²) in [5, 5.41) is 9.89. The molecule has 1 aliphatic heterocycles. The number of nitrogens with one attached hydrogen (secondary N) is 2. The lowest BCUT2D eigenvalue weighted by atomic mass is 9.94. The molecule has 0 saturated heterocycles. The quantitative estimate of drug-likeness (QED) is 0.866. The Kier molecular flexibility index (Phi) is 3.29. The molecule has 0 bridgehead atoms. The van der Waals surface area contributed by atoms with Crippen LogP contribution in [0.2, 0.25) is 0 Å². The Morgan fingerprint density at radius 2 is 2.32 bits per heavy atom. The Bertz CT molecular complexity index is 566. The SMILES string of the molecule is O=C(NCc1ccon1)C1NCCc2ccccc21. The molecular formula is C14H15N3O2. The van der Waals surface area contributed by atoms with E-state index in [4.69, 9.17) is 4.52 Å². The van der Waals surface area contributed by atoms with E-state index in [1.54, 1.807) is 6.07 Å². The zero-order chi connectivity index (χ0) is 13.1. The monoisotopic (exact) mass is 257 g/mol. The van der Waals surface area contributed by atoms with Crippen LogP contribution < -0.4 is 10.6 Å². The molecule has 0 spiro atoms. The number of aromatic nitrogens is 1. The van der Waals surface area contributed by atoms with Gasteiger partial charge in [0.15, 0.2) is 0 Å². The van der Waals surface area contributed by atoms with Gasteiger partial charge in [0.25, 0.3) is 0 Å². The molecule has 0 radical (unpaired) electrons. The van der Waals surface area contributed by atoms with Gasteiger partial charge in [-0.3, -0.25) is 4.79 Å². The zero-order valence-electron chi connectivity index (χ0n) is 10.4. The van der Waals surface area contributed by atoms with E-state index in [0.29, 0.717) is 6.54 Å². The molecule has 3 rings (SSSR count). The fourth-order valence-electron chi connectivity index (χ4n) is 2.35. The molecule has 5 nitrogen and oxygen atoms in total. The summed E-state index contributed by atoms with van der Waals surface area (Å²) in [4.78, 5) is 12.2. The molecule has 2 aromatic rings. The number of carbonyl (C=O) groups excluding carboxylic acids is 1. The molecular weight excluding hydrogens is 242 g/mol. The Hall–Kier alpha value is -2.14. The maximum atomic E-state index is 12.2. The molecule has 0 aliphatic carbocycles. The maximum Gasteiger partial charge on any atom is 0.242 e. The van der Waals surface area contributed by atoms with Gasteiger partial charge in [-0.1, -0.05) is 29.4 Å². The number of amides is 1. The van der Waals surface area contributed by atoms with Crippen molar-refractivity contribution < 1.29 is 9.32 Å². The minimum Gasteiger partial charge on any atom is -0.364 e. The van der Waals surface area contributed by atoms with Crippen molar-refractivity contribution in [1.82, 2.24) is 15.8 Å². The number of benzene rings is 1. The summed E-state index contributed by atoms with van der Waals surface area (Å²) in [6, 6.07) is 9.51. The van der Waals surface area contributed by atoms with Crippen LogP contribution in [0.1, 0.15) is 22.9 Å².